The Balaban J connectivity index is 1.85. The van der Waals surface area contributed by atoms with Crippen molar-refractivity contribution in [2.24, 2.45) is 5.41 Å². The molecule has 0 atom stereocenters. The predicted molar refractivity (Wildman–Crippen MR) is 80.1 cm³/mol. The molecular formula is C16H24N2O. The Morgan fingerprint density at radius 1 is 1.11 bits per heavy atom. The number of hydrogen-bond acceptors (Lipinski definition) is 3. The first-order chi connectivity index (χ1) is 9.19. The summed E-state index contributed by atoms with van der Waals surface area (Å²) < 4.78 is 5.92. The van der Waals surface area contributed by atoms with Gasteiger partial charge in [0.2, 0.25) is 0 Å². The van der Waals surface area contributed by atoms with Crippen LogP contribution < -0.4 is 15.4 Å². The number of hydrogen-bond donors (Lipinski definition) is 2. The zero-order valence-corrected chi connectivity index (χ0v) is 12.0. The fourth-order valence-corrected chi connectivity index (χ4v) is 3.31. The van der Waals surface area contributed by atoms with Crippen molar-refractivity contribution >= 4 is 11.4 Å². The molecule has 19 heavy (non-hydrogen) atoms. The number of ether oxygens (including phenoxy) is 1. The van der Waals surface area contributed by atoms with Crippen LogP contribution in [0.3, 0.4) is 0 Å². The van der Waals surface area contributed by atoms with Crippen LogP contribution in [0.25, 0.3) is 0 Å². The van der Waals surface area contributed by atoms with Crippen molar-refractivity contribution in [2.45, 2.75) is 45.6 Å². The molecule has 1 heterocycles. The highest BCUT2D eigenvalue weighted by molar-refractivity contribution is 5.76. The van der Waals surface area contributed by atoms with E-state index in [1.165, 1.54) is 31.4 Å². The third-order valence-corrected chi connectivity index (χ3v) is 4.35. The maximum absolute atomic E-state index is 5.92. The third-order valence-electron chi connectivity index (χ3n) is 4.35. The van der Waals surface area contributed by atoms with Crippen LogP contribution in [-0.2, 0) is 0 Å². The normalized spacial score (nSPS) is 20.6. The fraction of sp³-hybridized carbons (Fsp3) is 0.625. The lowest BCUT2D eigenvalue weighted by Crippen LogP contribution is -2.31. The van der Waals surface area contributed by atoms with Crippen LogP contribution in [0.1, 0.15) is 39.5 Å². The van der Waals surface area contributed by atoms with Crippen LogP contribution in [0.15, 0.2) is 18.2 Å². The molecule has 3 heteroatoms. The zero-order valence-electron chi connectivity index (χ0n) is 12.0. The molecule has 1 spiro atoms. The van der Waals surface area contributed by atoms with Gasteiger partial charge in [-0.25, -0.2) is 0 Å². The molecular weight excluding hydrogens is 236 g/mol. The van der Waals surface area contributed by atoms with Crippen molar-refractivity contribution < 1.29 is 4.74 Å². The molecule has 104 valence electrons. The Bertz CT molecular complexity index is 450. The molecule has 0 radical (unpaired) electrons. The summed E-state index contributed by atoms with van der Waals surface area (Å²) in [5.41, 5.74) is 2.76. The van der Waals surface area contributed by atoms with Crippen molar-refractivity contribution in [3.63, 3.8) is 0 Å². The van der Waals surface area contributed by atoms with E-state index >= 15 is 0 Å². The number of benzene rings is 1. The largest absolute Gasteiger partial charge is 0.489 e. The average molecular weight is 260 g/mol. The summed E-state index contributed by atoms with van der Waals surface area (Å²) in [6, 6.07) is 6.27. The highest BCUT2D eigenvalue weighted by Gasteiger charge is 2.35. The molecule has 1 saturated carbocycles. The van der Waals surface area contributed by atoms with Crippen molar-refractivity contribution in [3.05, 3.63) is 18.2 Å². The van der Waals surface area contributed by atoms with E-state index in [2.05, 4.69) is 42.7 Å². The summed E-state index contributed by atoms with van der Waals surface area (Å²) in [5, 5.41) is 7.27. The van der Waals surface area contributed by atoms with Gasteiger partial charge in [-0.3, -0.25) is 0 Å². The lowest BCUT2D eigenvalue weighted by molar-refractivity contribution is 0.243. The molecule has 3 rings (SSSR count). The number of fused-ring (bicyclic) bond motifs is 1. The van der Waals surface area contributed by atoms with Crippen molar-refractivity contribution in [3.8, 4) is 5.75 Å². The maximum atomic E-state index is 5.92. The van der Waals surface area contributed by atoms with Crippen molar-refractivity contribution in [1.29, 1.82) is 0 Å². The fourth-order valence-electron chi connectivity index (χ4n) is 3.31. The highest BCUT2D eigenvalue weighted by Crippen LogP contribution is 2.43. The van der Waals surface area contributed by atoms with Crippen LogP contribution in [0.4, 0.5) is 11.4 Å². The van der Waals surface area contributed by atoms with Crippen LogP contribution in [0.2, 0.25) is 0 Å². The van der Waals surface area contributed by atoms with Crippen molar-refractivity contribution in [2.75, 3.05) is 23.7 Å². The molecule has 0 saturated heterocycles. The molecule has 1 aliphatic heterocycles. The summed E-state index contributed by atoms with van der Waals surface area (Å²) in [6.45, 7) is 6.29. The Morgan fingerprint density at radius 3 is 2.58 bits per heavy atom. The molecule has 0 unspecified atom stereocenters. The van der Waals surface area contributed by atoms with E-state index in [0.29, 0.717) is 5.41 Å². The van der Waals surface area contributed by atoms with E-state index in [9.17, 15) is 0 Å². The van der Waals surface area contributed by atoms with Gasteiger partial charge in [0.25, 0.3) is 0 Å². The quantitative estimate of drug-likeness (QED) is 0.847. The Kier molecular flexibility index (Phi) is 3.29. The molecule has 2 aliphatic rings. The first-order valence-electron chi connectivity index (χ1n) is 7.46. The topological polar surface area (TPSA) is 33.3 Å². The predicted octanol–water partition coefficient (Wildman–Crippen LogP) is 3.87. The summed E-state index contributed by atoms with van der Waals surface area (Å²) in [7, 11) is 0. The SMILES string of the molecule is CC(C)Oc1cccc2c1NCC1(CCCC1)CN2. The van der Waals surface area contributed by atoms with Crippen LogP contribution in [0.5, 0.6) is 5.75 Å². The standard InChI is InChI=1S/C16H24N2O/c1-12(2)19-14-7-5-6-13-15(14)18-11-16(10-17-13)8-3-4-9-16/h5-7,12,17-18H,3-4,8-11H2,1-2H3. The maximum Gasteiger partial charge on any atom is 0.144 e. The number of nitrogens with one attached hydrogen (secondary N) is 2. The highest BCUT2D eigenvalue weighted by atomic mass is 16.5. The Hall–Kier alpha value is -1.38. The summed E-state index contributed by atoms with van der Waals surface area (Å²) in [4.78, 5) is 0. The summed E-state index contributed by atoms with van der Waals surface area (Å²) in [6.07, 6.45) is 5.62. The lowest BCUT2D eigenvalue weighted by Gasteiger charge is -2.27. The van der Waals surface area contributed by atoms with Gasteiger partial charge in [-0.15, -0.1) is 0 Å². The minimum Gasteiger partial charge on any atom is -0.489 e. The van der Waals surface area contributed by atoms with Gasteiger partial charge in [0, 0.05) is 18.5 Å². The van der Waals surface area contributed by atoms with Crippen LogP contribution >= 0.6 is 0 Å². The number of anilines is 2. The Labute approximate surface area is 115 Å². The van der Waals surface area contributed by atoms with Gasteiger partial charge in [0.05, 0.1) is 11.8 Å². The van der Waals surface area contributed by atoms with Gasteiger partial charge in [0.15, 0.2) is 0 Å². The monoisotopic (exact) mass is 260 g/mol. The van der Waals surface area contributed by atoms with Gasteiger partial charge >= 0.3 is 0 Å². The molecule has 2 N–H and O–H groups in total. The minimum absolute atomic E-state index is 0.206. The van der Waals surface area contributed by atoms with E-state index in [1.807, 2.05) is 0 Å². The number of para-hydroxylation sites is 1. The Morgan fingerprint density at radius 2 is 1.84 bits per heavy atom. The first-order valence-corrected chi connectivity index (χ1v) is 7.46. The smallest absolute Gasteiger partial charge is 0.144 e. The average Bonchev–Trinajstić information content (AvgIpc) is 2.75. The third kappa shape index (κ3) is 2.51. The minimum atomic E-state index is 0.206. The summed E-state index contributed by atoms with van der Waals surface area (Å²) >= 11 is 0. The van der Waals surface area contributed by atoms with Crippen molar-refractivity contribution in [1.82, 2.24) is 0 Å². The van der Waals surface area contributed by atoms with Crippen LogP contribution in [0, 0.1) is 5.41 Å². The van der Waals surface area contributed by atoms with Gasteiger partial charge in [0.1, 0.15) is 11.4 Å². The van der Waals surface area contributed by atoms with E-state index in [4.69, 9.17) is 4.74 Å². The first kappa shape index (κ1) is 12.6. The molecule has 0 bridgehead atoms. The molecule has 0 aromatic heterocycles. The molecule has 1 aliphatic carbocycles. The van der Waals surface area contributed by atoms with E-state index in [0.717, 1.165) is 24.5 Å². The van der Waals surface area contributed by atoms with E-state index in [1.54, 1.807) is 0 Å². The molecule has 1 aromatic rings. The van der Waals surface area contributed by atoms with Gasteiger partial charge < -0.3 is 15.4 Å². The molecule has 1 fully saturated rings. The van der Waals surface area contributed by atoms with E-state index < -0.39 is 0 Å². The second kappa shape index (κ2) is 4.95. The van der Waals surface area contributed by atoms with E-state index in [-0.39, 0.29) is 6.10 Å². The lowest BCUT2D eigenvalue weighted by atomic mass is 9.86. The zero-order chi connectivity index (χ0) is 13.3. The van der Waals surface area contributed by atoms with Gasteiger partial charge in [-0.05, 0) is 38.8 Å². The second-order valence-corrected chi connectivity index (χ2v) is 6.26. The van der Waals surface area contributed by atoms with Gasteiger partial charge in [-0.1, -0.05) is 18.9 Å². The summed E-state index contributed by atoms with van der Waals surface area (Å²) in [5.74, 6) is 0.968. The molecule has 1 aromatic carbocycles. The molecule has 3 nitrogen and oxygen atoms in total. The second-order valence-electron chi connectivity index (χ2n) is 6.26. The molecule has 0 amide bonds. The van der Waals surface area contributed by atoms with Gasteiger partial charge in [-0.2, -0.15) is 0 Å². The van der Waals surface area contributed by atoms with Crippen LogP contribution in [-0.4, -0.2) is 19.2 Å². The number of rotatable bonds is 2.